The Hall–Kier alpha value is -0.910. The van der Waals surface area contributed by atoms with E-state index in [2.05, 4.69) is 5.32 Å². The summed E-state index contributed by atoms with van der Waals surface area (Å²) >= 11 is 0. The van der Waals surface area contributed by atoms with Gasteiger partial charge >= 0.3 is 0 Å². The van der Waals surface area contributed by atoms with E-state index in [0.29, 0.717) is 11.6 Å². The van der Waals surface area contributed by atoms with Gasteiger partial charge in [0.2, 0.25) is 0 Å². The topological polar surface area (TPSA) is 55.4 Å². The van der Waals surface area contributed by atoms with Gasteiger partial charge < -0.3 is 4.74 Å². The molecule has 5 heteroatoms. The van der Waals surface area contributed by atoms with Crippen molar-refractivity contribution >= 4 is 9.84 Å². The minimum absolute atomic E-state index is 0.148. The first-order valence-electron chi connectivity index (χ1n) is 5.17. The molecule has 0 aromatic heterocycles. The summed E-state index contributed by atoms with van der Waals surface area (Å²) in [5.74, 6) is 0. The van der Waals surface area contributed by atoms with Crippen molar-refractivity contribution in [3.63, 3.8) is 0 Å². The van der Waals surface area contributed by atoms with Crippen molar-refractivity contribution in [2.24, 2.45) is 0 Å². The highest BCUT2D eigenvalue weighted by Crippen LogP contribution is 2.14. The summed E-state index contributed by atoms with van der Waals surface area (Å²) in [5.41, 5.74) is 0.997. The average Bonchev–Trinajstić information content (AvgIpc) is 2.70. The van der Waals surface area contributed by atoms with E-state index < -0.39 is 9.84 Å². The van der Waals surface area contributed by atoms with Crippen molar-refractivity contribution in [1.82, 2.24) is 5.32 Å². The fraction of sp³-hybridized carbons (Fsp3) is 0.455. The van der Waals surface area contributed by atoms with Crippen LogP contribution in [0.5, 0.6) is 0 Å². The zero-order valence-corrected chi connectivity index (χ0v) is 9.96. The Morgan fingerprint density at radius 3 is 2.94 bits per heavy atom. The predicted octanol–water partition coefficient (Wildman–Crippen LogP) is 0.578. The van der Waals surface area contributed by atoms with E-state index in [1.165, 1.54) is 6.26 Å². The molecular formula is C11H15NO3S. The first-order valence-corrected chi connectivity index (χ1v) is 7.06. The van der Waals surface area contributed by atoms with Crippen molar-refractivity contribution in [3.05, 3.63) is 29.8 Å². The van der Waals surface area contributed by atoms with Crippen LogP contribution in [0.3, 0.4) is 0 Å². The molecule has 1 fully saturated rings. The van der Waals surface area contributed by atoms with Gasteiger partial charge in [0.05, 0.1) is 17.7 Å². The summed E-state index contributed by atoms with van der Waals surface area (Å²) in [7, 11) is -3.12. The lowest BCUT2D eigenvalue weighted by Gasteiger charge is -2.09. The molecule has 0 amide bonds. The minimum Gasteiger partial charge on any atom is -0.361 e. The molecular weight excluding hydrogens is 226 g/mol. The summed E-state index contributed by atoms with van der Waals surface area (Å²) in [6, 6.07) is 7.04. The molecule has 2 rings (SSSR count). The zero-order valence-electron chi connectivity index (χ0n) is 9.14. The smallest absolute Gasteiger partial charge is 0.175 e. The van der Waals surface area contributed by atoms with Gasteiger partial charge in [0.15, 0.2) is 9.84 Å². The maximum atomic E-state index is 11.4. The number of rotatable bonds is 3. The molecule has 1 aromatic rings. The maximum absolute atomic E-state index is 11.4. The van der Waals surface area contributed by atoms with Crippen LogP contribution in [0, 0.1) is 0 Å². The molecule has 0 saturated carbocycles. The predicted molar refractivity (Wildman–Crippen MR) is 61.0 cm³/mol. The molecule has 0 bridgehead atoms. The number of hydrogen-bond donors (Lipinski definition) is 1. The molecule has 1 aromatic carbocycles. The van der Waals surface area contributed by atoms with Crippen molar-refractivity contribution in [1.29, 1.82) is 0 Å². The molecule has 0 spiro atoms. The third-order valence-electron chi connectivity index (χ3n) is 2.58. The molecule has 1 heterocycles. The molecule has 88 valence electrons. The first kappa shape index (κ1) is 11.6. The van der Waals surface area contributed by atoms with Gasteiger partial charge in [-0.2, -0.15) is 0 Å². The van der Waals surface area contributed by atoms with Gasteiger partial charge in [0, 0.05) is 12.8 Å². The fourth-order valence-corrected chi connectivity index (χ4v) is 2.44. The van der Waals surface area contributed by atoms with E-state index in [-0.39, 0.29) is 6.10 Å². The molecule has 1 atom stereocenters. The Morgan fingerprint density at radius 1 is 1.50 bits per heavy atom. The molecule has 0 radical (unpaired) electrons. The van der Waals surface area contributed by atoms with Crippen LogP contribution in [-0.2, 0) is 21.0 Å². The van der Waals surface area contributed by atoms with Crippen LogP contribution >= 0.6 is 0 Å². The number of nitrogens with one attached hydrogen (secondary N) is 1. The summed E-state index contributed by atoms with van der Waals surface area (Å²) in [6.45, 7) is 1.40. The molecule has 1 aliphatic rings. The van der Waals surface area contributed by atoms with Crippen LogP contribution < -0.4 is 5.32 Å². The Balaban J connectivity index is 2.16. The number of benzene rings is 1. The van der Waals surface area contributed by atoms with E-state index in [0.717, 1.165) is 18.5 Å². The average molecular weight is 241 g/mol. The van der Waals surface area contributed by atoms with E-state index in [4.69, 9.17) is 4.74 Å². The van der Waals surface area contributed by atoms with Crippen molar-refractivity contribution in [2.75, 3.05) is 19.5 Å². The number of sulfone groups is 1. The van der Waals surface area contributed by atoms with Crippen molar-refractivity contribution in [2.45, 2.75) is 17.4 Å². The highest BCUT2D eigenvalue weighted by Gasteiger charge is 2.16. The highest BCUT2D eigenvalue weighted by atomic mass is 32.2. The highest BCUT2D eigenvalue weighted by molar-refractivity contribution is 7.90. The van der Waals surface area contributed by atoms with Crippen LogP contribution in [0.25, 0.3) is 0 Å². The van der Waals surface area contributed by atoms with Gasteiger partial charge in [0.1, 0.15) is 0 Å². The molecule has 0 aliphatic carbocycles. The SMILES string of the molecule is CS(=O)(=O)c1cccc(CC2CNCO2)c1. The summed E-state index contributed by atoms with van der Waals surface area (Å²) < 4.78 is 28.2. The van der Waals surface area contributed by atoms with Gasteiger partial charge in [-0.15, -0.1) is 0 Å². The Labute approximate surface area is 95.5 Å². The van der Waals surface area contributed by atoms with Crippen LogP contribution in [0.1, 0.15) is 5.56 Å². The van der Waals surface area contributed by atoms with E-state index in [1.807, 2.05) is 6.07 Å². The third-order valence-corrected chi connectivity index (χ3v) is 3.69. The Bertz CT molecular complexity index is 464. The molecule has 4 nitrogen and oxygen atoms in total. The van der Waals surface area contributed by atoms with Gasteiger partial charge in [-0.05, 0) is 24.1 Å². The minimum atomic E-state index is -3.12. The van der Waals surface area contributed by atoms with Gasteiger partial charge in [-0.25, -0.2) is 8.42 Å². The maximum Gasteiger partial charge on any atom is 0.175 e. The lowest BCUT2D eigenvalue weighted by molar-refractivity contribution is 0.113. The van der Waals surface area contributed by atoms with Gasteiger partial charge in [-0.3, -0.25) is 5.32 Å². The second-order valence-corrected chi connectivity index (χ2v) is 6.03. The normalized spacial score (nSPS) is 21.2. The molecule has 1 unspecified atom stereocenters. The lowest BCUT2D eigenvalue weighted by atomic mass is 10.1. The summed E-state index contributed by atoms with van der Waals surface area (Å²) in [5, 5.41) is 3.10. The monoisotopic (exact) mass is 241 g/mol. The Kier molecular flexibility index (Phi) is 3.28. The number of hydrogen-bond acceptors (Lipinski definition) is 4. The number of ether oxygens (including phenoxy) is 1. The zero-order chi connectivity index (χ0) is 11.6. The van der Waals surface area contributed by atoms with Crippen LogP contribution in [0.15, 0.2) is 29.2 Å². The standard InChI is InChI=1S/C11H15NO3S/c1-16(13,14)11-4-2-3-9(6-11)5-10-7-12-8-15-10/h2-4,6,10,12H,5,7-8H2,1H3. The first-order chi connectivity index (χ1) is 7.55. The van der Waals surface area contributed by atoms with Crippen molar-refractivity contribution in [3.8, 4) is 0 Å². The van der Waals surface area contributed by atoms with Crippen LogP contribution in [-0.4, -0.2) is 34.1 Å². The second-order valence-electron chi connectivity index (χ2n) is 4.01. The molecule has 16 heavy (non-hydrogen) atoms. The lowest BCUT2D eigenvalue weighted by Crippen LogP contribution is -2.16. The van der Waals surface area contributed by atoms with Crippen LogP contribution in [0.2, 0.25) is 0 Å². The largest absolute Gasteiger partial charge is 0.361 e. The Morgan fingerprint density at radius 2 is 2.31 bits per heavy atom. The van der Waals surface area contributed by atoms with E-state index in [9.17, 15) is 8.42 Å². The molecule has 1 N–H and O–H groups in total. The summed E-state index contributed by atoms with van der Waals surface area (Å²) in [4.78, 5) is 0.371. The van der Waals surface area contributed by atoms with E-state index in [1.54, 1.807) is 18.2 Å². The van der Waals surface area contributed by atoms with Crippen molar-refractivity contribution < 1.29 is 13.2 Å². The van der Waals surface area contributed by atoms with Crippen LogP contribution in [0.4, 0.5) is 0 Å². The van der Waals surface area contributed by atoms with Gasteiger partial charge in [0.25, 0.3) is 0 Å². The third kappa shape index (κ3) is 2.81. The summed E-state index contributed by atoms with van der Waals surface area (Å²) in [6.07, 6.45) is 2.12. The fourth-order valence-electron chi connectivity index (χ4n) is 1.75. The van der Waals surface area contributed by atoms with Gasteiger partial charge in [-0.1, -0.05) is 12.1 Å². The molecule has 1 saturated heterocycles. The molecule has 1 aliphatic heterocycles. The van der Waals surface area contributed by atoms with E-state index >= 15 is 0 Å². The quantitative estimate of drug-likeness (QED) is 0.841. The second kappa shape index (κ2) is 4.53.